The predicted octanol–water partition coefficient (Wildman–Crippen LogP) is 2.30. The zero-order chi connectivity index (χ0) is 15.4. The molecule has 1 aromatic carbocycles. The van der Waals surface area contributed by atoms with Gasteiger partial charge in [-0.05, 0) is 38.0 Å². The molecule has 4 heteroatoms. The van der Waals surface area contributed by atoms with Gasteiger partial charge in [0.25, 0.3) is 5.91 Å². The van der Waals surface area contributed by atoms with E-state index in [9.17, 15) is 9.90 Å². The molecule has 1 aliphatic heterocycles. The average Bonchev–Trinajstić information content (AvgIpc) is 2.53. The number of rotatable bonds is 4. The SMILES string of the molecule is CCC(O)c1ccc(C(=O)N2CCN(C(C)C)CC2)cc1. The molecule has 0 radical (unpaired) electrons. The molecule has 0 saturated carbocycles. The molecular formula is C17H26N2O2. The fourth-order valence-corrected chi connectivity index (χ4v) is 2.71. The Hall–Kier alpha value is -1.39. The number of piperazine rings is 1. The highest BCUT2D eigenvalue weighted by Crippen LogP contribution is 2.18. The lowest BCUT2D eigenvalue weighted by molar-refractivity contribution is 0.0595. The topological polar surface area (TPSA) is 43.8 Å². The lowest BCUT2D eigenvalue weighted by Crippen LogP contribution is -2.50. The van der Waals surface area contributed by atoms with Crippen molar-refractivity contribution >= 4 is 5.91 Å². The van der Waals surface area contributed by atoms with Gasteiger partial charge in [0.15, 0.2) is 0 Å². The molecule has 1 amide bonds. The number of benzene rings is 1. The molecule has 1 aromatic rings. The van der Waals surface area contributed by atoms with Gasteiger partial charge in [-0.3, -0.25) is 9.69 Å². The Morgan fingerprint density at radius 2 is 1.71 bits per heavy atom. The van der Waals surface area contributed by atoms with E-state index in [4.69, 9.17) is 0 Å². The van der Waals surface area contributed by atoms with E-state index < -0.39 is 6.10 Å². The molecule has 4 nitrogen and oxygen atoms in total. The van der Waals surface area contributed by atoms with Crippen LogP contribution in [0.15, 0.2) is 24.3 Å². The van der Waals surface area contributed by atoms with Crippen molar-refractivity contribution in [1.82, 2.24) is 9.80 Å². The summed E-state index contributed by atoms with van der Waals surface area (Å²) in [6.45, 7) is 9.78. The van der Waals surface area contributed by atoms with Crippen molar-refractivity contribution in [3.63, 3.8) is 0 Å². The Kier molecular flexibility index (Phi) is 5.37. The number of carbonyl (C=O) groups excluding carboxylic acids is 1. The summed E-state index contributed by atoms with van der Waals surface area (Å²) in [5.74, 6) is 0.0935. The van der Waals surface area contributed by atoms with Crippen molar-refractivity contribution in [3.8, 4) is 0 Å². The summed E-state index contributed by atoms with van der Waals surface area (Å²) in [7, 11) is 0. The highest BCUT2D eigenvalue weighted by atomic mass is 16.3. The minimum atomic E-state index is -0.441. The number of aliphatic hydroxyl groups is 1. The predicted molar refractivity (Wildman–Crippen MR) is 84.3 cm³/mol. The van der Waals surface area contributed by atoms with Crippen LogP contribution in [0.1, 0.15) is 49.2 Å². The molecule has 1 aliphatic rings. The van der Waals surface area contributed by atoms with Gasteiger partial charge in [0.05, 0.1) is 6.10 Å². The van der Waals surface area contributed by atoms with E-state index in [1.807, 2.05) is 36.1 Å². The number of hydrogen-bond acceptors (Lipinski definition) is 3. The van der Waals surface area contributed by atoms with E-state index in [0.29, 0.717) is 18.0 Å². The standard InChI is InChI=1S/C17H26N2O2/c1-4-16(20)14-5-7-15(8-6-14)17(21)19-11-9-18(10-12-19)13(2)3/h5-8,13,16,20H,4,9-12H2,1-3H3. The maximum Gasteiger partial charge on any atom is 0.253 e. The monoisotopic (exact) mass is 290 g/mol. The molecule has 1 fully saturated rings. The average molecular weight is 290 g/mol. The zero-order valence-electron chi connectivity index (χ0n) is 13.2. The Balaban J connectivity index is 1.98. The van der Waals surface area contributed by atoms with Crippen LogP contribution in [0.5, 0.6) is 0 Å². The van der Waals surface area contributed by atoms with Crippen LogP contribution < -0.4 is 0 Å². The summed E-state index contributed by atoms with van der Waals surface area (Å²) in [4.78, 5) is 16.8. The van der Waals surface area contributed by atoms with Gasteiger partial charge >= 0.3 is 0 Å². The van der Waals surface area contributed by atoms with Crippen molar-refractivity contribution in [3.05, 3.63) is 35.4 Å². The van der Waals surface area contributed by atoms with Crippen molar-refractivity contribution in [2.24, 2.45) is 0 Å². The first-order valence-corrected chi connectivity index (χ1v) is 7.84. The quantitative estimate of drug-likeness (QED) is 0.925. The molecule has 0 bridgehead atoms. The third kappa shape index (κ3) is 3.83. The van der Waals surface area contributed by atoms with Crippen LogP contribution in [0.25, 0.3) is 0 Å². The molecule has 1 N–H and O–H groups in total. The minimum Gasteiger partial charge on any atom is -0.388 e. The molecule has 116 valence electrons. The first-order valence-electron chi connectivity index (χ1n) is 7.84. The molecule has 21 heavy (non-hydrogen) atoms. The Morgan fingerprint density at radius 1 is 1.14 bits per heavy atom. The molecular weight excluding hydrogens is 264 g/mol. The number of carbonyl (C=O) groups is 1. The van der Waals surface area contributed by atoms with Gasteiger partial charge in [-0.2, -0.15) is 0 Å². The summed E-state index contributed by atoms with van der Waals surface area (Å²) < 4.78 is 0. The van der Waals surface area contributed by atoms with Crippen LogP contribution in [-0.4, -0.2) is 53.0 Å². The summed E-state index contributed by atoms with van der Waals surface area (Å²) >= 11 is 0. The number of aliphatic hydroxyl groups excluding tert-OH is 1. The highest BCUT2D eigenvalue weighted by Gasteiger charge is 2.23. The van der Waals surface area contributed by atoms with Gasteiger partial charge < -0.3 is 10.0 Å². The Morgan fingerprint density at radius 3 is 2.19 bits per heavy atom. The van der Waals surface area contributed by atoms with Gasteiger partial charge in [-0.25, -0.2) is 0 Å². The van der Waals surface area contributed by atoms with E-state index >= 15 is 0 Å². The van der Waals surface area contributed by atoms with Crippen LogP contribution in [0, 0.1) is 0 Å². The van der Waals surface area contributed by atoms with Crippen LogP contribution in [0.4, 0.5) is 0 Å². The second-order valence-electron chi connectivity index (χ2n) is 5.97. The van der Waals surface area contributed by atoms with Crippen LogP contribution in [0.2, 0.25) is 0 Å². The summed E-state index contributed by atoms with van der Waals surface area (Å²) in [5.41, 5.74) is 1.58. The van der Waals surface area contributed by atoms with Crippen LogP contribution in [0.3, 0.4) is 0 Å². The van der Waals surface area contributed by atoms with Gasteiger partial charge in [0, 0.05) is 37.8 Å². The maximum absolute atomic E-state index is 12.5. The molecule has 2 rings (SSSR count). The van der Waals surface area contributed by atoms with E-state index in [1.54, 1.807) is 0 Å². The van der Waals surface area contributed by atoms with Gasteiger partial charge in [-0.1, -0.05) is 19.1 Å². The van der Waals surface area contributed by atoms with E-state index in [2.05, 4.69) is 18.7 Å². The van der Waals surface area contributed by atoms with Crippen LogP contribution in [-0.2, 0) is 0 Å². The second-order valence-corrected chi connectivity index (χ2v) is 5.97. The fraction of sp³-hybridized carbons (Fsp3) is 0.588. The summed E-state index contributed by atoms with van der Waals surface area (Å²) in [6.07, 6.45) is 0.244. The summed E-state index contributed by atoms with van der Waals surface area (Å²) in [6, 6.07) is 7.89. The number of hydrogen-bond donors (Lipinski definition) is 1. The largest absolute Gasteiger partial charge is 0.388 e. The van der Waals surface area contributed by atoms with E-state index in [0.717, 1.165) is 31.7 Å². The number of nitrogens with zero attached hydrogens (tertiary/aromatic N) is 2. The molecule has 1 saturated heterocycles. The smallest absolute Gasteiger partial charge is 0.253 e. The molecule has 1 unspecified atom stereocenters. The van der Waals surface area contributed by atoms with Crippen molar-refractivity contribution in [1.29, 1.82) is 0 Å². The number of amides is 1. The third-order valence-corrected chi connectivity index (χ3v) is 4.26. The second kappa shape index (κ2) is 7.05. The molecule has 1 heterocycles. The zero-order valence-corrected chi connectivity index (χ0v) is 13.2. The minimum absolute atomic E-state index is 0.0935. The molecule has 1 atom stereocenters. The summed E-state index contributed by atoms with van der Waals surface area (Å²) in [5, 5.41) is 9.79. The lowest BCUT2D eigenvalue weighted by Gasteiger charge is -2.37. The molecule has 0 spiro atoms. The first-order chi connectivity index (χ1) is 10.0. The third-order valence-electron chi connectivity index (χ3n) is 4.26. The van der Waals surface area contributed by atoms with Crippen molar-refractivity contribution < 1.29 is 9.90 Å². The Labute approximate surface area is 127 Å². The van der Waals surface area contributed by atoms with Crippen molar-refractivity contribution in [2.45, 2.75) is 39.3 Å². The highest BCUT2D eigenvalue weighted by molar-refractivity contribution is 5.94. The fourth-order valence-electron chi connectivity index (χ4n) is 2.71. The van der Waals surface area contributed by atoms with Crippen molar-refractivity contribution in [2.75, 3.05) is 26.2 Å². The van der Waals surface area contributed by atoms with E-state index in [-0.39, 0.29) is 5.91 Å². The maximum atomic E-state index is 12.5. The normalized spacial score (nSPS) is 18.0. The van der Waals surface area contributed by atoms with Gasteiger partial charge in [0.2, 0.25) is 0 Å². The van der Waals surface area contributed by atoms with Crippen LogP contribution >= 0.6 is 0 Å². The lowest BCUT2D eigenvalue weighted by atomic mass is 10.0. The van der Waals surface area contributed by atoms with Gasteiger partial charge in [-0.15, -0.1) is 0 Å². The van der Waals surface area contributed by atoms with Gasteiger partial charge in [0.1, 0.15) is 0 Å². The molecule has 0 aromatic heterocycles. The van der Waals surface area contributed by atoms with E-state index in [1.165, 1.54) is 0 Å². The Bertz CT molecular complexity index is 462. The molecule has 0 aliphatic carbocycles. The first kappa shape index (κ1) is 16.0.